The largest absolute Gasteiger partial charge is 0.269 e. The minimum atomic E-state index is -0.417. The molecule has 0 saturated heterocycles. The Morgan fingerprint density at radius 1 is 1.29 bits per heavy atom. The van der Waals surface area contributed by atoms with Crippen LogP contribution < -0.4 is 0 Å². The number of halogens is 1. The molecule has 0 amide bonds. The van der Waals surface area contributed by atoms with Crippen LogP contribution in [-0.4, -0.2) is 19.5 Å². The van der Waals surface area contributed by atoms with Gasteiger partial charge in [0, 0.05) is 35.9 Å². The second-order valence-electron chi connectivity index (χ2n) is 4.67. The molecule has 0 aliphatic rings. The van der Waals surface area contributed by atoms with Crippen LogP contribution in [0.15, 0.2) is 36.5 Å². The van der Waals surface area contributed by atoms with Crippen molar-refractivity contribution in [2.24, 2.45) is 0 Å². The molecule has 3 aromatic rings. The number of nitrogens with zero attached hydrogens (tertiary/aromatic N) is 4. The van der Waals surface area contributed by atoms with Gasteiger partial charge in [-0.15, -0.1) is 0 Å². The number of non-ortho nitro benzene ring substituents is 1. The number of hydrogen-bond acceptors (Lipinski definition) is 4. The molecule has 0 fully saturated rings. The summed E-state index contributed by atoms with van der Waals surface area (Å²) in [6.45, 7) is 1.89. The van der Waals surface area contributed by atoms with E-state index in [1.54, 1.807) is 28.9 Å². The Labute approximate surface area is 125 Å². The van der Waals surface area contributed by atoms with E-state index < -0.39 is 4.92 Å². The van der Waals surface area contributed by atoms with Crippen molar-refractivity contribution in [1.82, 2.24) is 14.6 Å². The molecule has 0 aliphatic heterocycles. The predicted octanol–water partition coefficient (Wildman–Crippen LogP) is 3.19. The van der Waals surface area contributed by atoms with E-state index in [0.717, 1.165) is 16.8 Å². The summed E-state index contributed by atoms with van der Waals surface area (Å²) in [5, 5.41) is 15.3. The van der Waals surface area contributed by atoms with Gasteiger partial charge in [-0.3, -0.25) is 10.1 Å². The molecular formula is C14H11ClN4O2. The monoisotopic (exact) mass is 302 g/mol. The van der Waals surface area contributed by atoms with Gasteiger partial charge in [0.15, 0.2) is 5.65 Å². The highest BCUT2D eigenvalue weighted by atomic mass is 35.5. The van der Waals surface area contributed by atoms with Crippen molar-refractivity contribution in [3.05, 3.63) is 68.6 Å². The summed E-state index contributed by atoms with van der Waals surface area (Å²) >= 11 is 6.37. The minimum absolute atomic E-state index is 0.0715. The van der Waals surface area contributed by atoms with Crippen molar-refractivity contribution in [3.63, 3.8) is 0 Å². The molecule has 0 aliphatic carbocycles. The average Bonchev–Trinajstić information content (AvgIpc) is 2.92. The van der Waals surface area contributed by atoms with Crippen LogP contribution in [-0.2, 0) is 6.42 Å². The van der Waals surface area contributed by atoms with Crippen molar-refractivity contribution in [2.45, 2.75) is 13.3 Å². The van der Waals surface area contributed by atoms with E-state index in [4.69, 9.17) is 11.6 Å². The van der Waals surface area contributed by atoms with Crippen molar-refractivity contribution in [3.8, 4) is 0 Å². The molecule has 7 heteroatoms. The number of fused-ring (bicyclic) bond motifs is 1. The summed E-state index contributed by atoms with van der Waals surface area (Å²) in [6, 6.07) is 8.20. The van der Waals surface area contributed by atoms with E-state index in [9.17, 15) is 10.1 Å². The van der Waals surface area contributed by atoms with Crippen LogP contribution in [0.4, 0.5) is 5.69 Å². The molecule has 1 aromatic carbocycles. The van der Waals surface area contributed by atoms with Gasteiger partial charge in [-0.25, -0.2) is 9.50 Å². The maximum Gasteiger partial charge on any atom is 0.269 e. The van der Waals surface area contributed by atoms with Crippen LogP contribution in [0.3, 0.4) is 0 Å². The van der Waals surface area contributed by atoms with Gasteiger partial charge in [-0.05, 0) is 12.5 Å². The summed E-state index contributed by atoms with van der Waals surface area (Å²) in [7, 11) is 0. The van der Waals surface area contributed by atoms with E-state index in [1.165, 1.54) is 12.1 Å². The fourth-order valence-electron chi connectivity index (χ4n) is 2.19. The fraction of sp³-hybridized carbons (Fsp3) is 0.143. The van der Waals surface area contributed by atoms with Gasteiger partial charge in [-0.1, -0.05) is 23.7 Å². The number of aryl methyl sites for hydroxylation is 1. The standard InChI is InChI=1S/C14H11ClN4O2/c1-9-12(14(15)18-13(17-9)6-7-16-18)8-10-2-4-11(5-3-10)19(20)21/h2-7H,8H2,1H3. The Kier molecular flexibility index (Phi) is 3.31. The average molecular weight is 303 g/mol. The number of nitro groups is 1. The summed E-state index contributed by atoms with van der Waals surface area (Å²) < 4.78 is 1.58. The van der Waals surface area contributed by atoms with Crippen molar-refractivity contribution >= 4 is 22.9 Å². The molecular weight excluding hydrogens is 292 g/mol. The summed E-state index contributed by atoms with van der Waals surface area (Å²) in [5.41, 5.74) is 3.39. The van der Waals surface area contributed by atoms with E-state index in [1.807, 2.05) is 6.92 Å². The van der Waals surface area contributed by atoms with Crippen LogP contribution in [0, 0.1) is 17.0 Å². The molecule has 3 rings (SSSR count). The molecule has 0 N–H and O–H groups in total. The minimum Gasteiger partial charge on any atom is -0.258 e. The lowest BCUT2D eigenvalue weighted by Crippen LogP contribution is -2.03. The third kappa shape index (κ3) is 2.45. The van der Waals surface area contributed by atoms with Gasteiger partial charge in [0.1, 0.15) is 5.15 Å². The van der Waals surface area contributed by atoms with Crippen LogP contribution in [0.5, 0.6) is 0 Å². The smallest absolute Gasteiger partial charge is 0.258 e. The summed E-state index contributed by atoms with van der Waals surface area (Å²) in [4.78, 5) is 14.7. The molecule has 0 bridgehead atoms. The Morgan fingerprint density at radius 2 is 2.00 bits per heavy atom. The van der Waals surface area contributed by atoms with Crippen LogP contribution >= 0.6 is 11.6 Å². The Balaban J connectivity index is 1.99. The first-order valence-electron chi connectivity index (χ1n) is 6.28. The van der Waals surface area contributed by atoms with Crippen LogP contribution in [0.2, 0.25) is 5.15 Å². The van der Waals surface area contributed by atoms with Crippen molar-refractivity contribution in [1.29, 1.82) is 0 Å². The second kappa shape index (κ2) is 5.14. The number of rotatable bonds is 3. The maximum absolute atomic E-state index is 10.7. The Morgan fingerprint density at radius 3 is 2.67 bits per heavy atom. The zero-order valence-corrected chi connectivity index (χ0v) is 11.9. The second-order valence-corrected chi connectivity index (χ2v) is 5.03. The molecule has 0 radical (unpaired) electrons. The van der Waals surface area contributed by atoms with Gasteiger partial charge in [-0.2, -0.15) is 5.10 Å². The molecule has 2 aromatic heterocycles. The maximum atomic E-state index is 10.7. The lowest BCUT2D eigenvalue weighted by atomic mass is 10.0. The summed E-state index contributed by atoms with van der Waals surface area (Å²) in [6.07, 6.45) is 2.19. The van der Waals surface area contributed by atoms with Gasteiger partial charge >= 0.3 is 0 Å². The van der Waals surface area contributed by atoms with Gasteiger partial charge < -0.3 is 0 Å². The highest BCUT2D eigenvalue weighted by Crippen LogP contribution is 2.23. The topological polar surface area (TPSA) is 73.3 Å². The molecule has 0 spiro atoms. The first-order chi connectivity index (χ1) is 10.1. The quantitative estimate of drug-likeness (QED) is 0.423. The summed E-state index contributed by atoms with van der Waals surface area (Å²) in [5.74, 6) is 0. The van der Waals surface area contributed by atoms with Gasteiger partial charge in [0.05, 0.1) is 11.1 Å². The molecule has 106 valence electrons. The molecule has 0 unspecified atom stereocenters. The molecule has 0 atom stereocenters. The van der Waals surface area contributed by atoms with Crippen molar-refractivity contribution in [2.75, 3.05) is 0 Å². The fourth-order valence-corrected chi connectivity index (χ4v) is 2.52. The zero-order chi connectivity index (χ0) is 15.0. The Bertz CT molecular complexity index is 827. The van der Waals surface area contributed by atoms with E-state index >= 15 is 0 Å². The predicted molar refractivity (Wildman–Crippen MR) is 78.6 cm³/mol. The Hall–Kier alpha value is -2.47. The molecule has 6 nitrogen and oxygen atoms in total. The van der Waals surface area contributed by atoms with Gasteiger partial charge in [0.2, 0.25) is 0 Å². The van der Waals surface area contributed by atoms with E-state index in [2.05, 4.69) is 10.1 Å². The molecule has 0 saturated carbocycles. The van der Waals surface area contributed by atoms with E-state index in [-0.39, 0.29) is 5.69 Å². The third-order valence-corrected chi connectivity index (χ3v) is 3.69. The molecule has 2 heterocycles. The number of nitro benzene ring substituents is 1. The van der Waals surface area contributed by atoms with Crippen molar-refractivity contribution < 1.29 is 4.92 Å². The molecule has 21 heavy (non-hydrogen) atoms. The SMILES string of the molecule is Cc1nc2ccnn2c(Cl)c1Cc1ccc([N+](=O)[O-])cc1. The third-order valence-electron chi connectivity index (χ3n) is 3.30. The number of benzene rings is 1. The van der Waals surface area contributed by atoms with Crippen LogP contribution in [0.1, 0.15) is 16.8 Å². The zero-order valence-electron chi connectivity index (χ0n) is 11.2. The lowest BCUT2D eigenvalue weighted by molar-refractivity contribution is -0.384. The van der Waals surface area contributed by atoms with Crippen LogP contribution in [0.25, 0.3) is 5.65 Å². The number of hydrogen-bond donors (Lipinski definition) is 0. The number of aromatic nitrogens is 3. The first-order valence-corrected chi connectivity index (χ1v) is 6.66. The van der Waals surface area contributed by atoms with E-state index in [0.29, 0.717) is 17.2 Å². The highest BCUT2D eigenvalue weighted by Gasteiger charge is 2.13. The lowest BCUT2D eigenvalue weighted by Gasteiger charge is -2.09. The normalized spacial score (nSPS) is 11.0. The first kappa shape index (κ1) is 13.5. The van der Waals surface area contributed by atoms with Gasteiger partial charge in [0.25, 0.3) is 5.69 Å². The highest BCUT2D eigenvalue weighted by molar-refractivity contribution is 6.30.